The highest BCUT2D eigenvalue weighted by Gasteiger charge is 2.44. The molecule has 19 heavy (non-hydrogen) atoms. The maximum absolute atomic E-state index is 13.6. The molecule has 0 saturated carbocycles. The highest BCUT2D eigenvalue weighted by Crippen LogP contribution is 2.41. The van der Waals surface area contributed by atoms with Gasteiger partial charge in [0.25, 0.3) is 0 Å². The molecule has 0 spiro atoms. The number of rotatable bonds is 5. The quantitative estimate of drug-likeness (QED) is 0.807. The topological polar surface area (TPSA) is 63.3 Å². The summed E-state index contributed by atoms with van der Waals surface area (Å²) in [6, 6.07) is 1.69. The molecule has 1 aromatic rings. The molecule has 3 nitrogen and oxygen atoms in total. The van der Waals surface area contributed by atoms with Crippen molar-refractivity contribution >= 4 is 11.7 Å². The van der Waals surface area contributed by atoms with E-state index in [9.17, 15) is 18.7 Å². The van der Waals surface area contributed by atoms with Gasteiger partial charge in [-0.25, -0.2) is 8.78 Å². The molecule has 1 rings (SSSR count). The van der Waals surface area contributed by atoms with Gasteiger partial charge in [-0.2, -0.15) is 0 Å². The Labute approximate surface area is 111 Å². The Morgan fingerprint density at radius 3 is 2.42 bits per heavy atom. The second-order valence-electron chi connectivity index (χ2n) is 5.03. The van der Waals surface area contributed by atoms with Crippen LogP contribution in [-0.2, 0) is 10.2 Å². The predicted molar refractivity (Wildman–Crippen MR) is 69.8 cm³/mol. The van der Waals surface area contributed by atoms with E-state index in [2.05, 4.69) is 0 Å². The van der Waals surface area contributed by atoms with Crippen molar-refractivity contribution in [2.45, 2.75) is 39.0 Å². The van der Waals surface area contributed by atoms with Gasteiger partial charge in [0.1, 0.15) is 11.6 Å². The summed E-state index contributed by atoms with van der Waals surface area (Å²) in [6.45, 7) is 5.25. The van der Waals surface area contributed by atoms with Crippen LogP contribution < -0.4 is 5.73 Å². The minimum Gasteiger partial charge on any atom is -0.481 e. The minimum absolute atomic E-state index is 0.0225. The van der Waals surface area contributed by atoms with Crippen LogP contribution in [0.3, 0.4) is 0 Å². The second kappa shape index (κ2) is 5.55. The van der Waals surface area contributed by atoms with Crippen LogP contribution in [0.25, 0.3) is 0 Å². The molecule has 3 N–H and O–H groups in total. The molecule has 1 aromatic carbocycles. The third-order valence-corrected chi connectivity index (χ3v) is 3.59. The zero-order chi connectivity index (χ0) is 14.8. The van der Waals surface area contributed by atoms with Crippen LogP contribution in [0, 0.1) is 17.6 Å². The van der Waals surface area contributed by atoms with E-state index in [-0.39, 0.29) is 23.6 Å². The molecule has 0 heterocycles. The second-order valence-corrected chi connectivity index (χ2v) is 5.03. The largest absolute Gasteiger partial charge is 0.481 e. The number of halogens is 2. The van der Waals surface area contributed by atoms with Crippen molar-refractivity contribution in [3.63, 3.8) is 0 Å². The molecule has 0 saturated heterocycles. The van der Waals surface area contributed by atoms with E-state index in [1.807, 2.05) is 6.92 Å². The molecule has 0 radical (unpaired) electrons. The summed E-state index contributed by atoms with van der Waals surface area (Å²) in [5.74, 6) is -3.18. The Kier molecular flexibility index (Phi) is 4.50. The number of hydrogen-bond donors (Lipinski definition) is 2. The maximum Gasteiger partial charge on any atom is 0.314 e. The minimum atomic E-state index is -1.37. The molecule has 0 aromatic heterocycles. The van der Waals surface area contributed by atoms with E-state index in [0.29, 0.717) is 12.5 Å². The molecule has 1 unspecified atom stereocenters. The van der Waals surface area contributed by atoms with Gasteiger partial charge in [0.2, 0.25) is 0 Å². The molecule has 0 amide bonds. The fraction of sp³-hybridized carbons (Fsp3) is 0.500. The maximum atomic E-state index is 13.6. The lowest BCUT2D eigenvalue weighted by Crippen LogP contribution is -2.41. The fourth-order valence-corrected chi connectivity index (χ4v) is 2.55. The van der Waals surface area contributed by atoms with Crippen molar-refractivity contribution in [3.05, 3.63) is 29.3 Å². The van der Waals surface area contributed by atoms with Gasteiger partial charge in [-0.05, 0) is 24.0 Å². The number of anilines is 1. The number of benzene rings is 1. The smallest absolute Gasteiger partial charge is 0.314 e. The first-order valence-electron chi connectivity index (χ1n) is 6.25. The van der Waals surface area contributed by atoms with Crippen molar-refractivity contribution in [1.82, 2.24) is 0 Å². The van der Waals surface area contributed by atoms with Crippen molar-refractivity contribution < 1.29 is 18.7 Å². The summed E-state index contributed by atoms with van der Waals surface area (Å²) in [5, 5.41) is 9.58. The average Bonchev–Trinajstić information content (AvgIpc) is 2.30. The molecule has 0 aliphatic carbocycles. The van der Waals surface area contributed by atoms with Gasteiger partial charge in [0.05, 0.1) is 11.1 Å². The van der Waals surface area contributed by atoms with Crippen molar-refractivity contribution in [1.29, 1.82) is 0 Å². The van der Waals surface area contributed by atoms with E-state index in [0.717, 1.165) is 6.07 Å². The summed E-state index contributed by atoms with van der Waals surface area (Å²) < 4.78 is 27.0. The van der Waals surface area contributed by atoms with Crippen LogP contribution in [0.2, 0.25) is 0 Å². The summed E-state index contributed by atoms with van der Waals surface area (Å²) in [6.07, 6.45) is 0.842. The van der Waals surface area contributed by atoms with Crippen LogP contribution in [0.1, 0.15) is 39.2 Å². The van der Waals surface area contributed by atoms with E-state index >= 15 is 0 Å². The molecular formula is C14H19F2NO2. The number of carbonyl (C=O) groups is 1. The first-order valence-corrected chi connectivity index (χ1v) is 6.25. The van der Waals surface area contributed by atoms with Crippen LogP contribution in [0.5, 0.6) is 0 Å². The van der Waals surface area contributed by atoms with Gasteiger partial charge in [0.15, 0.2) is 0 Å². The van der Waals surface area contributed by atoms with Gasteiger partial charge in [-0.15, -0.1) is 0 Å². The zero-order valence-corrected chi connectivity index (χ0v) is 11.3. The Morgan fingerprint density at radius 1 is 1.42 bits per heavy atom. The Balaban J connectivity index is 3.61. The number of nitrogens with two attached hydrogens (primary N) is 1. The standard InChI is InChI=1S/C14H19F2NO2/c1-4-5-14(8(2)3,13(18)19)10-6-9(15)7-11(16)12(10)17/h6-8H,4-5,17H2,1-3H3,(H,18,19). The van der Waals surface area contributed by atoms with Crippen LogP contribution >= 0.6 is 0 Å². The lowest BCUT2D eigenvalue weighted by atomic mass is 9.68. The third-order valence-electron chi connectivity index (χ3n) is 3.59. The normalized spacial score (nSPS) is 14.4. The van der Waals surface area contributed by atoms with Crippen LogP contribution in [0.15, 0.2) is 12.1 Å². The molecule has 0 aliphatic rings. The number of carboxylic acid groups (broad SMARTS) is 1. The van der Waals surface area contributed by atoms with E-state index in [4.69, 9.17) is 5.73 Å². The van der Waals surface area contributed by atoms with E-state index in [1.165, 1.54) is 0 Å². The summed E-state index contributed by atoms with van der Waals surface area (Å²) in [4.78, 5) is 11.7. The predicted octanol–water partition coefficient (Wildman–Crippen LogP) is 3.33. The summed E-state index contributed by atoms with van der Waals surface area (Å²) >= 11 is 0. The summed E-state index contributed by atoms with van der Waals surface area (Å²) in [7, 11) is 0. The highest BCUT2D eigenvalue weighted by atomic mass is 19.1. The molecule has 0 fully saturated rings. The number of hydrogen-bond acceptors (Lipinski definition) is 2. The van der Waals surface area contributed by atoms with Gasteiger partial charge < -0.3 is 10.8 Å². The van der Waals surface area contributed by atoms with E-state index < -0.39 is 23.0 Å². The van der Waals surface area contributed by atoms with Gasteiger partial charge in [-0.3, -0.25) is 4.79 Å². The molecule has 106 valence electrons. The third kappa shape index (κ3) is 2.55. The van der Waals surface area contributed by atoms with Gasteiger partial charge >= 0.3 is 5.97 Å². The van der Waals surface area contributed by atoms with Gasteiger partial charge in [0, 0.05) is 6.07 Å². The fourth-order valence-electron chi connectivity index (χ4n) is 2.55. The Hall–Kier alpha value is -1.65. The van der Waals surface area contributed by atoms with Gasteiger partial charge in [-0.1, -0.05) is 27.2 Å². The Morgan fingerprint density at radius 2 is 2.00 bits per heavy atom. The molecule has 0 aliphatic heterocycles. The highest BCUT2D eigenvalue weighted by molar-refractivity contribution is 5.84. The molecular weight excluding hydrogens is 252 g/mol. The lowest BCUT2D eigenvalue weighted by Gasteiger charge is -2.34. The SMILES string of the molecule is CCCC(C(=O)O)(c1cc(F)cc(F)c1N)C(C)C. The van der Waals surface area contributed by atoms with Crippen LogP contribution in [0.4, 0.5) is 14.5 Å². The van der Waals surface area contributed by atoms with Crippen molar-refractivity contribution in [3.8, 4) is 0 Å². The first kappa shape index (κ1) is 15.4. The van der Waals surface area contributed by atoms with Crippen molar-refractivity contribution in [2.75, 3.05) is 5.73 Å². The lowest BCUT2D eigenvalue weighted by molar-refractivity contribution is -0.146. The number of nitrogen functional groups attached to an aromatic ring is 1. The average molecular weight is 271 g/mol. The van der Waals surface area contributed by atoms with E-state index in [1.54, 1.807) is 13.8 Å². The molecule has 0 bridgehead atoms. The number of aliphatic carboxylic acids is 1. The first-order chi connectivity index (χ1) is 8.77. The molecule has 1 atom stereocenters. The monoisotopic (exact) mass is 271 g/mol. The Bertz CT molecular complexity index is 489. The van der Waals surface area contributed by atoms with Crippen LogP contribution in [-0.4, -0.2) is 11.1 Å². The summed E-state index contributed by atoms with van der Waals surface area (Å²) in [5.41, 5.74) is 4.00. The molecule has 5 heteroatoms. The number of carboxylic acids is 1. The van der Waals surface area contributed by atoms with Crippen molar-refractivity contribution in [2.24, 2.45) is 5.92 Å². The zero-order valence-electron chi connectivity index (χ0n) is 11.3.